The molecule has 0 aliphatic carbocycles. The van der Waals surface area contributed by atoms with Crippen LogP contribution in [-0.2, 0) is 0 Å². The number of para-hydroxylation sites is 1. The summed E-state index contributed by atoms with van der Waals surface area (Å²) in [5.41, 5.74) is 7.75. The van der Waals surface area contributed by atoms with E-state index < -0.39 is 0 Å². The van der Waals surface area contributed by atoms with Crippen molar-refractivity contribution in [2.24, 2.45) is 0 Å². The SMILES string of the molecule is COc1cncc(-c2ccc3[nH]nc(-c4nc5c(-c6ccncc6)cccc5[nH]4)c3n2)c1. The molecule has 0 radical (unpaired) electrons. The molecule has 32 heavy (non-hydrogen) atoms. The van der Waals surface area contributed by atoms with Gasteiger partial charge in [0, 0.05) is 29.7 Å². The Morgan fingerprint density at radius 1 is 0.812 bits per heavy atom. The molecule has 5 heterocycles. The molecule has 8 heteroatoms. The summed E-state index contributed by atoms with van der Waals surface area (Å²) in [5.74, 6) is 1.33. The van der Waals surface area contributed by atoms with Crippen LogP contribution in [0.5, 0.6) is 5.75 Å². The molecule has 5 aromatic heterocycles. The summed E-state index contributed by atoms with van der Waals surface area (Å²) in [5, 5.41) is 7.56. The van der Waals surface area contributed by atoms with E-state index in [1.165, 1.54) is 0 Å². The fraction of sp³-hybridized carbons (Fsp3) is 0.0417. The first-order valence-electron chi connectivity index (χ1n) is 10.0. The summed E-state index contributed by atoms with van der Waals surface area (Å²) in [6.07, 6.45) is 6.99. The molecule has 0 aliphatic rings. The Morgan fingerprint density at radius 2 is 1.72 bits per heavy atom. The van der Waals surface area contributed by atoms with Crippen LogP contribution in [0.3, 0.4) is 0 Å². The first-order valence-corrected chi connectivity index (χ1v) is 10.0. The summed E-state index contributed by atoms with van der Waals surface area (Å²) in [6.45, 7) is 0. The van der Waals surface area contributed by atoms with Crippen LogP contribution in [0.2, 0.25) is 0 Å². The number of fused-ring (bicyclic) bond motifs is 2. The minimum Gasteiger partial charge on any atom is -0.495 e. The van der Waals surface area contributed by atoms with Crippen molar-refractivity contribution >= 4 is 22.1 Å². The van der Waals surface area contributed by atoms with E-state index in [2.05, 4.69) is 31.2 Å². The smallest absolute Gasteiger partial charge is 0.161 e. The summed E-state index contributed by atoms with van der Waals surface area (Å²) >= 11 is 0. The number of ether oxygens (including phenoxy) is 1. The van der Waals surface area contributed by atoms with Gasteiger partial charge in [-0.3, -0.25) is 15.1 Å². The predicted molar refractivity (Wildman–Crippen MR) is 122 cm³/mol. The lowest BCUT2D eigenvalue weighted by Crippen LogP contribution is -1.89. The number of aromatic nitrogens is 7. The molecule has 0 bridgehead atoms. The number of aromatic amines is 2. The molecular formula is C24H17N7O. The zero-order chi connectivity index (χ0) is 21.5. The second-order valence-electron chi connectivity index (χ2n) is 7.30. The minimum absolute atomic E-state index is 0.654. The molecule has 2 N–H and O–H groups in total. The van der Waals surface area contributed by atoms with Gasteiger partial charge in [-0.2, -0.15) is 5.10 Å². The molecule has 0 amide bonds. The molecule has 8 nitrogen and oxygen atoms in total. The summed E-state index contributed by atoms with van der Waals surface area (Å²) in [4.78, 5) is 21.5. The fourth-order valence-electron chi connectivity index (χ4n) is 3.80. The van der Waals surface area contributed by atoms with Gasteiger partial charge in [0.1, 0.15) is 11.3 Å². The normalized spacial score (nSPS) is 11.3. The highest BCUT2D eigenvalue weighted by molar-refractivity contribution is 5.96. The lowest BCUT2D eigenvalue weighted by molar-refractivity contribution is 0.413. The average molecular weight is 419 g/mol. The van der Waals surface area contributed by atoms with Gasteiger partial charge in [-0.05, 0) is 42.0 Å². The maximum atomic E-state index is 5.30. The van der Waals surface area contributed by atoms with Gasteiger partial charge in [0.15, 0.2) is 11.5 Å². The molecule has 0 saturated carbocycles. The van der Waals surface area contributed by atoms with Crippen LogP contribution >= 0.6 is 0 Å². The molecule has 154 valence electrons. The van der Waals surface area contributed by atoms with Crippen molar-refractivity contribution in [3.8, 4) is 39.7 Å². The van der Waals surface area contributed by atoms with Crippen LogP contribution in [0.1, 0.15) is 0 Å². The van der Waals surface area contributed by atoms with Gasteiger partial charge in [-0.1, -0.05) is 12.1 Å². The van der Waals surface area contributed by atoms with Gasteiger partial charge in [0.05, 0.1) is 35.6 Å². The third kappa shape index (κ3) is 2.97. The third-order valence-electron chi connectivity index (χ3n) is 5.38. The quantitative estimate of drug-likeness (QED) is 0.431. The van der Waals surface area contributed by atoms with Crippen LogP contribution in [-0.4, -0.2) is 42.2 Å². The number of imidazole rings is 1. The molecule has 6 aromatic rings. The molecule has 6 rings (SSSR count). The van der Waals surface area contributed by atoms with Crippen molar-refractivity contribution in [2.75, 3.05) is 7.11 Å². The molecule has 0 spiro atoms. The first-order chi connectivity index (χ1) is 15.8. The maximum Gasteiger partial charge on any atom is 0.161 e. The number of nitrogens with one attached hydrogen (secondary N) is 2. The Morgan fingerprint density at radius 3 is 2.59 bits per heavy atom. The topological polar surface area (TPSA) is 105 Å². The van der Waals surface area contributed by atoms with E-state index in [-0.39, 0.29) is 0 Å². The number of hydrogen-bond donors (Lipinski definition) is 2. The zero-order valence-electron chi connectivity index (χ0n) is 17.1. The second-order valence-corrected chi connectivity index (χ2v) is 7.30. The van der Waals surface area contributed by atoms with E-state index in [0.717, 1.165) is 44.5 Å². The van der Waals surface area contributed by atoms with Crippen LogP contribution in [0.15, 0.2) is 73.3 Å². The van der Waals surface area contributed by atoms with Crippen molar-refractivity contribution in [3.05, 3.63) is 73.3 Å². The predicted octanol–water partition coefficient (Wildman–Crippen LogP) is 4.63. The second kappa shape index (κ2) is 7.28. The van der Waals surface area contributed by atoms with Gasteiger partial charge < -0.3 is 9.72 Å². The zero-order valence-corrected chi connectivity index (χ0v) is 17.1. The number of hydrogen-bond acceptors (Lipinski definition) is 6. The molecule has 0 unspecified atom stereocenters. The van der Waals surface area contributed by atoms with Crippen molar-refractivity contribution in [2.45, 2.75) is 0 Å². The van der Waals surface area contributed by atoms with E-state index in [4.69, 9.17) is 14.7 Å². The van der Waals surface area contributed by atoms with E-state index in [1.54, 1.807) is 31.9 Å². The average Bonchev–Trinajstić information content (AvgIpc) is 3.48. The number of pyridine rings is 3. The Hall–Kier alpha value is -4.59. The van der Waals surface area contributed by atoms with Gasteiger partial charge in [-0.15, -0.1) is 0 Å². The van der Waals surface area contributed by atoms with E-state index >= 15 is 0 Å². The number of benzene rings is 1. The highest BCUT2D eigenvalue weighted by Crippen LogP contribution is 2.31. The lowest BCUT2D eigenvalue weighted by atomic mass is 10.1. The molecule has 0 saturated heterocycles. The van der Waals surface area contributed by atoms with E-state index in [1.807, 2.05) is 42.5 Å². The van der Waals surface area contributed by atoms with E-state index in [9.17, 15) is 0 Å². The minimum atomic E-state index is 0.654. The molecule has 0 atom stereocenters. The van der Waals surface area contributed by atoms with Crippen molar-refractivity contribution in [1.29, 1.82) is 0 Å². The summed E-state index contributed by atoms with van der Waals surface area (Å²) in [7, 11) is 1.62. The Balaban J connectivity index is 1.50. The maximum absolute atomic E-state index is 5.30. The molecule has 0 aliphatic heterocycles. The van der Waals surface area contributed by atoms with Crippen LogP contribution < -0.4 is 4.74 Å². The Kier molecular flexibility index (Phi) is 4.14. The Bertz CT molecular complexity index is 1570. The highest BCUT2D eigenvalue weighted by Gasteiger charge is 2.17. The molecule has 0 fully saturated rings. The van der Waals surface area contributed by atoms with Gasteiger partial charge >= 0.3 is 0 Å². The van der Waals surface area contributed by atoms with Gasteiger partial charge in [0.2, 0.25) is 0 Å². The number of rotatable bonds is 4. The largest absolute Gasteiger partial charge is 0.495 e. The molecular weight excluding hydrogens is 402 g/mol. The molecule has 1 aromatic carbocycles. The first kappa shape index (κ1) is 18.2. The van der Waals surface area contributed by atoms with Crippen LogP contribution in [0.25, 0.3) is 56.0 Å². The fourth-order valence-corrected chi connectivity index (χ4v) is 3.80. The van der Waals surface area contributed by atoms with E-state index in [0.29, 0.717) is 17.3 Å². The number of nitrogens with zero attached hydrogens (tertiary/aromatic N) is 5. The monoisotopic (exact) mass is 419 g/mol. The van der Waals surface area contributed by atoms with Crippen LogP contribution in [0.4, 0.5) is 0 Å². The number of H-pyrrole nitrogens is 2. The van der Waals surface area contributed by atoms with Crippen molar-refractivity contribution in [1.82, 2.24) is 35.1 Å². The third-order valence-corrected chi connectivity index (χ3v) is 5.38. The van der Waals surface area contributed by atoms with Crippen molar-refractivity contribution in [3.63, 3.8) is 0 Å². The summed E-state index contributed by atoms with van der Waals surface area (Å²) in [6, 6.07) is 15.8. The highest BCUT2D eigenvalue weighted by atomic mass is 16.5. The lowest BCUT2D eigenvalue weighted by Gasteiger charge is -2.03. The van der Waals surface area contributed by atoms with Crippen molar-refractivity contribution < 1.29 is 4.74 Å². The van der Waals surface area contributed by atoms with Gasteiger partial charge in [-0.25, -0.2) is 9.97 Å². The van der Waals surface area contributed by atoms with Crippen LogP contribution in [0, 0.1) is 0 Å². The number of methoxy groups -OCH3 is 1. The van der Waals surface area contributed by atoms with Gasteiger partial charge in [0.25, 0.3) is 0 Å². The Labute approximate surface area is 182 Å². The standard InChI is InChI=1S/C24H17N7O/c1-32-16-11-15(12-26-13-16)18-5-6-20-22(27-18)23(31-30-20)24-28-19-4-2-3-17(21(19)29-24)14-7-9-25-10-8-14/h2-13H,1H3,(H,28,29)(H,30,31). The summed E-state index contributed by atoms with van der Waals surface area (Å²) < 4.78 is 5.30.